The molecule has 0 atom stereocenters. The van der Waals surface area contributed by atoms with Crippen molar-refractivity contribution < 1.29 is 4.74 Å². The largest absolute Gasteiger partial charge is 0.377 e. The molecule has 1 spiro atoms. The summed E-state index contributed by atoms with van der Waals surface area (Å²) in [6.07, 6.45) is 6.01. The third-order valence-corrected chi connectivity index (χ3v) is 5.36. The van der Waals surface area contributed by atoms with Gasteiger partial charge in [-0.3, -0.25) is 0 Å². The molecule has 2 saturated heterocycles. The molecule has 0 aromatic carbocycles. The van der Waals surface area contributed by atoms with Gasteiger partial charge in [-0.15, -0.1) is 0 Å². The van der Waals surface area contributed by atoms with Gasteiger partial charge in [0, 0.05) is 12.6 Å². The van der Waals surface area contributed by atoms with E-state index in [1.165, 1.54) is 51.9 Å². The van der Waals surface area contributed by atoms with Crippen LogP contribution in [0.1, 0.15) is 53.4 Å². The molecule has 2 aliphatic rings. The van der Waals surface area contributed by atoms with Gasteiger partial charge >= 0.3 is 0 Å². The molecule has 2 fully saturated rings. The molecule has 118 valence electrons. The Balaban J connectivity index is 1.69. The fourth-order valence-electron chi connectivity index (χ4n) is 3.68. The molecule has 20 heavy (non-hydrogen) atoms. The summed E-state index contributed by atoms with van der Waals surface area (Å²) in [5, 5.41) is 0. The summed E-state index contributed by atoms with van der Waals surface area (Å²) in [6, 6.07) is 0.723. The van der Waals surface area contributed by atoms with Gasteiger partial charge in [0.1, 0.15) is 0 Å². The van der Waals surface area contributed by atoms with Gasteiger partial charge in [-0.1, -0.05) is 0 Å². The maximum atomic E-state index is 5.67. The Kier molecular flexibility index (Phi) is 5.88. The highest BCUT2D eigenvalue weighted by Gasteiger charge is 2.37. The molecule has 0 bridgehead atoms. The van der Waals surface area contributed by atoms with Crippen molar-refractivity contribution in [1.82, 2.24) is 9.80 Å². The maximum Gasteiger partial charge on any atom is 0.0596 e. The monoisotopic (exact) mass is 282 g/mol. The van der Waals surface area contributed by atoms with Gasteiger partial charge in [0.05, 0.1) is 12.7 Å². The summed E-state index contributed by atoms with van der Waals surface area (Å²) in [5.74, 6) is 0. The summed E-state index contributed by atoms with van der Waals surface area (Å²) in [4.78, 5) is 5.25. The lowest BCUT2D eigenvalue weighted by molar-refractivity contribution is 0.00769. The summed E-state index contributed by atoms with van der Waals surface area (Å²) >= 11 is 0. The molecule has 0 aromatic rings. The van der Waals surface area contributed by atoms with Crippen molar-refractivity contribution in [2.24, 2.45) is 5.41 Å². The second-order valence-corrected chi connectivity index (χ2v) is 7.39. The molecule has 2 rings (SSSR count). The van der Waals surface area contributed by atoms with Crippen molar-refractivity contribution in [2.75, 3.05) is 39.3 Å². The quantitative estimate of drug-likeness (QED) is 0.771. The Labute approximate surface area is 125 Å². The predicted octanol–water partition coefficient (Wildman–Crippen LogP) is 3.00. The first kappa shape index (κ1) is 16.3. The van der Waals surface area contributed by atoms with Gasteiger partial charge in [0.2, 0.25) is 0 Å². The SMILES string of the molecule is CC(C)OCCN1CCC2(CC1)CCN(C(C)C)CC2. The molecule has 0 radical (unpaired) electrons. The van der Waals surface area contributed by atoms with E-state index in [9.17, 15) is 0 Å². The molecule has 0 amide bonds. The normalized spacial score (nSPS) is 24.9. The van der Waals surface area contributed by atoms with Crippen LogP contribution in [0, 0.1) is 5.41 Å². The lowest BCUT2D eigenvalue weighted by Gasteiger charge is -2.47. The standard InChI is InChI=1S/C17H34N2O/c1-15(2)19-11-7-17(8-12-19)5-9-18(10-6-17)13-14-20-16(3)4/h15-16H,5-14H2,1-4H3. The van der Waals surface area contributed by atoms with Gasteiger partial charge in [0.15, 0.2) is 0 Å². The van der Waals surface area contributed by atoms with Crippen molar-refractivity contribution in [2.45, 2.75) is 65.5 Å². The molecule has 0 aliphatic carbocycles. The van der Waals surface area contributed by atoms with Crippen LogP contribution in [0.5, 0.6) is 0 Å². The summed E-state index contributed by atoms with van der Waals surface area (Å²) in [7, 11) is 0. The van der Waals surface area contributed by atoms with Crippen molar-refractivity contribution in [1.29, 1.82) is 0 Å². The topological polar surface area (TPSA) is 15.7 Å². The van der Waals surface area contributed by atoms with E-state index in [4.69, 9.17) is 4.74 Å². The van der Waals surface area contributed by atoms with Crippen LogP contribution in [0.2, 0.25) is 0 Å². The fourth-order valence-corrected chi connectivity index (χ4v) is 3.68. The smallest absolute Gasteiger partial charge is 0.0596 e. The van der Waals surface area contributed by atoms with Crippen molar-refractivity contribution in [3.05, 3.63) is 0 Å². The van der Waals surface area contributed by atoms with Crippen LogP contribution in [0.3, 0.4) is 0 Å². The van der Waals surface area contributed by atoms with Gasteiger partial charge < -0.3 is 14.5 Å². The number of rotatable bonds is 5. The number of hydrogen-bond donors (Lipinski definition) is 0. The van der Waals surface area contributed by atoms with Gasteiger partial charge in [0.25, 0.3) is 0 Å². The van der Waals surface area contributed by atoms with Crippen molar-refractivity contribution in [3.8, 4) is 0 Å². The van der Waals surface area contributed by atoms with Crippen LogP contribution in [0.25, 0.3) is 0 Å². The first-order valence-electron chi connectivity index (χ1n) is 8.59. The summed E-state index contributed by atoms with van der Waals surface area (Å²) in [6.45, 7) is 16.1. The van der Waals surface area contributed by atoms with Crippen LogP contribution in [-0.4, -0.2) is 61.3 Å². The highest BCUT2D eigenvalue weighted by Crippen LogP contribution is 2.41. The number of ether oxygens (including phenoxy) is 1. The number of likely N-dealkylation sites (tertiary alicyclic amines) is 2. The molecule has 0 saturated carbocycles. The summed E-state index contributed by atoms with van der Waals surface area (Å²) < 4.78 is 5.67. The first-order chi connectivity index (χ1) is 9.51. The Morgan fingerprint density at radius 3 is 1.95 bits per heavy atom. The van der Waals surface area contributed by atoms with Crippen LogP contribution in [0.15, 0.2) is 0 Å². The van der Waals surface area contributed by atoms with E-state index < -0.39 is 0 Å². The molecular weight excluding hydrogens is 248 g/mol. The van der Waals surface area contributed by atoms with Crippen LogP contribution in [0.4, 0.5) is 0 Å². The van der Waals surface area contributed by atoms with Gasteiger partial charge in [-0.05, 0) is 85.0 Å². The van der Waals surface area contributed by atoms with Gasteiger partial charge in [-0.25, -0.2) is 0 Å². The fraction of sp³-hybridized carbons (Fsp3) is 1.00. The minimum Gasteiger partial charge on any atom is -0.377 e. The van der Waals surface area contributed by atoms with E-state index in [2.05, 4.69) is 37.5 Å². The number of nitrogens with zero attached hydrogens (tertiary/aromatic N) is 2. The van der Waals surface area contributed by atoms with E-state index in [0.29, 0.717) is 11.5 Å². The molecule has 3 nitrogen and oxygen atoms in total. The average Bonchev–Trinajstić information content (AvgIpc) is 2.41. The molecular formula is C17H34N2O. The van der Waals surface area contributed by atoms with E-state index in [-0.39, 0.29) is 0 Å². The minimum absolute atomic E-state index is 0.367. The summed E-state index contributed by atoms with van der Waals surface area (Å²) in [5.41, 5.74) is 0.667. The van der Waals surface area contributed by atoms with Crippen LogP contribution < -0.4 is 0 Å². The average molecular weight is 282 g/mol. The molecule has 2 aliphatic heterocycles. The Bertz CT molecular complexity index is 273. The molecule has 2 heterocycles. The van der Waals surface area contributed by atoms with Crippen LogP contribution in [-0.2, 0) is 4.74 Å². The third-order valence-electron chi connectivity index (χ3n) is 5.36. The lowest BCUT2D eigenvalue weighted by atomic mass is 9.71. The van der Waals surface area contributed by atoms with E-state index in [1.807, 2.05) is 0 Å². The number of hydrogen-bond acceptors (Lipinski definition) is 3. The zero-order valence-corrected chi connectivity index (χ0v) is 14.0. The van der Waals surface area contributed by atoms with Crippen LogP contribution >= 0.6 is 0 Å². The zero-order valence-electron chi connectivity index (χ0n) is 14.0. The van der Waals surface area contributed by atoms with Crippen molar-refractivity contribution >= 4 is 0 Å². The number of piperidine rings is 2. The third kappa shape index (κ3) is 4.44. The Morgan fingerprint density at radius 2 is 1.45 bits per heavy atom. The Morgan fingerprint density at radius 1 is 0.900 bits per heavy atom. The highest BCUT2D eigenvalue weighted by molar-refractivity contribution is 4.91. The van der Waals surface area contributed by atoms with Gasteiger partial charge in [-0.2, -0.15) is 0 Å². The van der Waals surface area contributed by atoms with Crippen molar-refractivity contribution in [3.63, 3.8) is 0 Å². The predicted molar refractivity (Wildman–Crippen MR) is 85.1 cm³/mol. The second-order valence-electron chi connectivity index (χ2n) is 7.39. The molecule has 0 N–H and O–H groups in total. The maximum absolute atomic E-state index is 5.67. The first-order valence-corrected chi connectivity index (χ1v) is 8.59. The van der Waals surface area contributed by atoms with E-state index >= 15 is 0 Å². The van der Waals surface area contributed by atoms with E-state index in [0.717, 1.165) is 19.2 Å². The second kappa shape index (κ2) is 7.24. The van der Waals surface area contributed by atoms with E-state index in [1.54, 1.807) is 0 Å². The molecule has 0 aromatic heterocycles. The molecule has 3 heteroatoms. The zero-order chi connectivity index (χ0) is 14.6. The Hall–Kier alpha value is -0.120. The lowest BCUT2D eigenvalue weighted by Crippen LogP contribution is -2.48. The minimum atomic E-state index is 0.367. The molecule has 0 unspecified atom stereocenters. The highest BCUT2D eigenvalue weighted by atomic mass is 16.5.